The van der Waals surface area contributed by atoms with Crippen molar-refractivity contribution in [3.63, 3.8) is 0 Å². The molecule has 0 saturated heterocycles. The summed E-state index contributed by atoms with van der Waals surface area (Å²) in [5.74, 6) is 0. The summed E-state index contributed by atoms with van der Waals surface area (Å²) in [7, 11) is 0. The van der Waals surface area contributed by atoms with Crippen LogP contribution in [0.2, 0.25) is 0 Å². The molecule has 0 amide bonds. The first kappa shape index (κ1) is 10.3. The molecule has 0 radical (unpaired) electrons. The van der Waals surface area contributed by atoms with Gasteiger partial charge in [0.1, 0.15) is 6.10 Å². The number of nitrogens with zero attached hydrogens (tertiary/aromatic N) is 1. The molecule has 0 spiro atoms. The van der Waals surface area contributed by atoms with E-state index in [0.717, 1.165) is 0 Å². The Balaban J connectivity index is 3.97. The molecule has 2 unspecified atom stereocenters. The van der Waals surface area contributed by atoms with Crippen LogP contribution in [0.3, 0.4) is 0 Å². The van der Waals surface area contributed by atoms with Crippen molar-refractivity contribution in [2.24, 2.45) is 0 Å². The Bertz CT molecular complexity index is 128. The molecule has 0 aliphatic rings. The maximum atomic E-state index is 10.2. The van der Waals surface area contributed by atoms with Crippen molar-refractivity contribution in [3.8, 4) is 0 Å². The maximum absolute atomic E-state index is 10.2. The van der Waals surface area contributed by atoms with Gasteiger partial charge in [0.25, 0.3) is 0 Å². The minimum absolute atomic E-state index is 0.0159. The average molecular weight is 163 g/mol. The average Bonchev–Trinajstić information content (AvgIpc) is 1.98. The Kier molecular flexibility index (Phi) is 4.72. The second-order valence-electron chi connectivity index (χ2n) is 2.34. The molecular weight excluding hydrogens is 150 g/mol. The summed E-state index contributed by atoms with van der Waals surface area (Å²) in [5, 5.41) is 27.7. The molecule has 0 aromatic heterocycles. The SMILES string of the molecule is CCC(O)C(CCO)[N+](=O)[O-]. The second kappa shape index (κ2) is 5.03. The highest BCUT2D eigenvalue weighted by Crippen LogP contribution is 2.05. The number of nitro groups is 1. The van der Waals surface area contributed by atoms with Crippen molar-refractivity contribution in [3.05, 3.63) is 10.1 Å². The number of hydrogen-bond acceptors (Lipinski definition) is 4. The number of aliphatic hydroxyl groups excluding tert-OH is 2. The molecule has 0 bridgehead atoms. The summed E-state index contributed by atoms with van der Waals surface area (Å²) in [5.41, 5.74) is 0. The highest BCUT2D eigenvalue weighted by molar-refractivity contribution is 4.65. The molecule has 0 aromatic rings. The van der Waals surface area contributed by atoms with E-state index in [9.17, 15) is 10.1 Å². The van der Waals surface area contributed by atoms with E-state index in [1.165, 1.54) is 0 Å². The molecule has 0 saturated carbocycles. The number of hydrogen-bond donors (Lipinski definition) is 2. The fourth-order valence-electron chi connectivity index (χ4n) is 0.843. The molecule has 0 fully saturated rings. The van der Waals surface area contributed by atoms with Gasteiger partial charge in [-0.3, -0.25) is 10.1 Å². The fraction of sp³-hybridized carbons (Fsp3) is 1.00. The lowest BCUT2D eigenvalue weighted by Gasteiger charge is -2.12. The summed E-state index contributed by atoms with van der Waals surface area (Å²) in [6.07, 6.45) is -0.592. The third-order valence-electron chi connectivity index (χ3n) is 1.56. The van der Waals surface area contributed by atoms with E-state index in [-0.39, 0.29) is 13.0 Å². The van der Waals surface area contributed by atoms with Gasteiger partial charge in [-0.2, -0.15) is 0 Å². The van der Waals surface area contributed by atoms with E-state index in [1.54, 1.807) is 6.92 Å². The zero-order chi connectivity index (χ0) is 8.85. The van der Waals surface area contributed by atoms with Crippen molar-refractivity contribution >= 4 is 0 Å². The van der Waals surface area contributed by atoms with Crippen LogP contribution in [0.1, 0.15) is 19.8 Å². The first-order valence-electron chi connectivity index (χ1n) is 3.55. The van der Waals surface area contributed by atoms with E-state index >= 15 is 0 Å². The largest absolute Gasteiger partial charge is 0.396 e. The first-order valence-corrected chi connectivity index (χ1v) is 3.55. The first-order chi connectivity index (χ1) is 5.13. The molecule has 2 N–H and O–H groups in total. The Labute approximate surface area is 64.8 Å². The van der Waals surface area contributed by atoms with Gasteiger partial charge in [0, 0.05) is 18.0 Å². The van der Waals surface area contributed by atoms with Crippen molar-refractivity contribution < 1.29 is 15.1 Å². The van der Waals surface area contributed by atoms with Crippen LogP contribution in [0, 0.1) is 10.1 Å². The lowest BCUT2D eigenvalue weighted by atomic mass is 10.1. The third-order valence-corrected chi connectivity index (χ3v) is 1.56. The zero-order valence-corrected chi connectivity index (χ0v) is 6.43. The summed E-state index contributed by atoms with van der Waals surface area (Å²) in [6.45, 7) is 1.40. The minimum Gasteiger partial charge on any atom is -0.396 e. The third kappa shape index (κ3) is 3.29. The van der Waals surface area contributed by atoms with Crippen LogP contribution in [0.5, 0.6) is 0 Å². The number of rotatable bonds is 5. The van der Waals surface area contributed by atoms with E-state index in [0.29, 0.717) is 6.42 Å². The molecule has 0 aliphatic heterocycles. The predicted molar refractivity (Wildman–Crippen MR) is 38.8 cm³/mol. The molecule has 66 valence electrons. The maximum Gasteiger partial charge on any atom is 0.240 e. The normalized spacial score (nSPS) is 15.9. The molecule has 5 heteroatoms. The van der Waals surface area contributed by atoms with Gasteiger partial charge in [0.2, 0.25) is 6.04 Å². The molecule has 0 heterocycles. The highest BCUT2D eigenvalue weighted by Gasteiger charge is 2.27. The van der Waals surface area contributed by atoms with Gasteiger partial charge in [-0.1, -0.05) is 6.92 Å². The van der Waals surface area contributed by atoms with Gasteiger partial charge in [0.15, 0.2) is 0 Å². The summed E-state index contributed by atoms with van der Waals surface area (Å²) in [6, 6.07) is -1.02. The van der Waals surface area contributed by atoms with Crippen LogP contribution in [-0.4, -0.2) is 33.9 Å². The minimum atomic E-state index is -1.02. The lowest BCUT2D eigenvalue weighted by molar-refractivity contribution is -0.535. The van der Waals surface area contributed by atoms with Gasteiger partial charge < -0.3 is 10.2 Å². The molecule has 2 atom stereocenters. The molecule has 0 rings (SSSR count). The van der Waals surface area contributed by atoms with Crippen molar-refractivity contribution in [2.75, 3.05) is 6.61 Å². The Morgan fingerprint density at radius 2 is 2.18 bits per heavy atom. The summed E-state index contributed by atoms with van der Waals surface area (Å²) < 4.78 is 0. The van der Waals surface area contributed by atoms with Crippen molar-refractivity contribution in [1.82, 2.24) is 0 Å². The Morgan fingerprint density at radius 1 is 1.64 bits per heavy atom. The molecule has 5 nitrogen and oxygen atoms in total. The van der Waals surface area contributed by atoms with Gasteiger partial charge in [-0.15, -0.1) is 0 Å². The van der Waals surface area contributed by atoms with Gasteiger partial charge >= 0.3 is 0 Å². The lowest BCUT2D eigenvalue weighted by Crippen LogP contribution is -2.33. The van der Waals surface area contributed by atoms with Gasteiger partial charge in [-0.05, 0) is 6.42 Å². The van der Waals surface area contributed by atoms with Crippen molar-refractivity contribution in [2.45, 2.75) is 31.9 Å². The van der Waals surface area contributed by atoms with Crippen LogP contribution in [0.4, 0.5) is 0 Å². The summed E-state index contributed by atoms with van der Waals surface area (Å²) in [4.78, 5) is 9.67. The molecule has 11 heavy (non-hydrogen) atoms. The molecule has 0 aromatic carbocycles. The van der Waals surface area contributed by atoms with Gasteiger partial charge in [-0.25, -0.2) is 0 Å². The standard InChI is InChI=1S/C6H13NO4/c1-2-6(9)5(3-4-8)7(10)11/h5-6,8-9H,2-4H2,1H3. The zero-order valence-electron chi connectivity index (χ0n) is 6.43. The van der Waals surface area contributed by atoms with Gasteiger partial charge in [0.05, 0.1) is 0 Å². The fourth-order valence-corrected chi connectivity index (χ4v) is 0.843. The second-order valence-corrected chi connectivity index (χ2v) is 2.34. The van der Waals surface area contributed by atoms with Crippen LogP contribution in [-0.2, 0) is 0 Å². The Hall–Kier alpha value is -0.680. The Morgan fingerprint density at radius 3 is 2.45 bits per heavy atom. The van der Waals surface area contributed by atoms with Crippen LogP contribution in [0.15, 0.2) is 0 Å². The van der Waals surface area contributed by atoms with E-state index in [2.05, 4.69) is 0 Å². The predicted octanol–water partition coefficient (Wildman–Crippen LogP) is -0.215. The molecule has 0 aliphatic carbocycles. The summed E-state index contributed by atoms with van der Waals surface area (Å²) >= 11 is 0. The highest BCUT2D eigenvalue weighted by atomic mass is 16.6. The monoisotopic (exact) mass is 163 g/mol. The van der Waals surface area contributed by atoms with Crippen molar-refractivity contribution in [1.29, 1.82) is 0 Å². The molecular formula is C6H13NO4. The van der Waals surface area contributed by atoms with E-state index in [4.69, 9.17) is 10.2 Å². The van der Waals surface area contributed by atoms with Crippen LogP contribution in [0.25, 0.3) is 0 Å². The van der Waals surface area contributed by atoms with E-state index < -0.39 is 17.1 Å². The topological polar surface area (TPSA) is 83.6 Å². The quantitative estimate of drug-likeness (QED) is 0.433. The van der Waals surface area contributed by atoms with Crippen LogP contribution < -0.4 is 0 Å². The van der Waals surface area contributed by atoms with Crippen LogP contribution >= 0.6 is 0 Å². The number of aliphatic hydroxyl groups is 2. The van der Waals surface area contributed by atoms with E-state index in [1.807, 2.05) is 0 Å². The smallest absolute Gasteiger partial charge is 0.240 e.